The van der Waals surface area contributed by atoms with Crippen molar-refractivity contribution in [3.8, 4) is 0 Å². The third kappa shape index (κ3) is 3.76. The Hall–Kier alpha value is -0.940. The normalized spacial score (nSPS) is 18.9. The molecule has 1 unspecified atom stereocenters. The Bertz CT molecular complexity index is 473. The summed E-state index contributed by atoms with van der Waals surface area (Å²) in [7, 11) is 0. The minimum atomic E-state index is 0.121. The first-order valence-corrected chi connectivity index (χ1v) is 8.39. The summed E-state index contributed by atoms with van der Waals surface area (Å²) in [4.78, 5) is 26.0. The summed E-state index contributed by atoms with van der Waals surface area (Å²) in [5.74, 6) is 1.17. The summed E-state index contributed by atoms with van der Waals surface area (Å²) in [5, 5.41) is 0.121. The fourth-order valence-corrected chi connectivity index (χ4v) is 3.24. The van der Waals surface area contributed by atoms with Crippen LogP contribution in [-0.4, -0.2) is 29.6 Å². The van der Waals surface area contributed by atoms with Crippen molar-refractivity contribution in [2.45, 2.75) is 18.2 Å². The molecule has 0 bridgehead atoms. The lowest BCUT2D eigenvalue weighted by Gasteiger charge is -2.17. The van der Waals surface area contributed by atoms with E-state index < -0.39 is 0 Å². The van der Waals surface area contributed by atoms with Crippen molar-refractivity contribution in [1.29, 1.82) is 0 Å². The van der Waals surface area contributed by atoms with E-state index >= 15 is 0 Å². The summed E-state index contributed by atoms with van der Waals surface area (Å²) in [6, 6.07) is 8.05. The monoisotopic (exact) mass is 295 g/mol. The van der Waals surface area contributed by atoms with Gasteiger partial charge in [-0.25, -0.2) is 0 Å². The standard InChI is InChI=1S/C14H17NO2S2/c1-10(16)19-9-11-7-14(17)15(8-11)12-3-5-13(18-2)6-4-12/h3-6,11H,7-9H2,1-2H3. The van der Waals surface area contributed by atoms with E-state index in [9.17, 15) is 9.59 Å². The smallest absolute Gasteiger partial charge is 0.227 e. The van der Waals surface area contributed by atoms with Crippen LogP contribution < -0.4 is 4.90 Å². The Kier molecular flexibility index (Phi) is 4.93. The van der Waals surface area contributed by atoms with Gasteiger partial charge >= 0.3 is 0 Å². The van der Waals surface area contributed by atoms with Gasteiger partial charge in [-0.05, 0) is 36.4 Å². The van der Waals surface area contributed by atoms with Crippen molar-refractivity contribution in [3.63, 3.8) is 0 Å². The molecule has 0 N–H and O–H groups in total. The largest absolute Gasteiger partial charge is 0.312 e. The molecule has 1 amide bonds. The molecule has 0 aliphatic carbocycles. The van der Waals surface area contributed by atoms with Crippen LogP contribution in [0.15, 0.2) is 29.2 Å². The Morgan fingerprint density at radius 1 is 1.37 bits per heavy atom. The molecule has 1 aliphatic heterocycles. The molecule has 2 rings (SSSR count). The van der Waals surface area contributed by atoms with Gasteiger partial charge in [0.1, 0.15) is 0 Å². The first-order valence-electron chi connectivity index (χ1n) is 6.18. The third-order valence-corrected chi connectivity index (χ3v) is 4.90. The van der Waals surface area contributed by atoms with Crippen LogP contribution in [0.25, 0.3) is 0 Å². The highest BCUT2D eigenvalue weighted by molar-refractivity contribution is 8.13. The van der Waals surface area contributed by atoms with Gasteiger partial charge in [-0.15, -0.1) is 11.8 Å². The molecule has 0 saturated carbocycles. The predicted octanol–water partition coefficient (Wildman–Crippen LogP) is 3.04. The average molecular weight is 295 g/mol. The minimum Gasteiger partial charge on any atom is -0.312 e. The number of hydrogen-bond acceptors (Lipinski definition) is 4. The van der Waals surface area contributed by atoms with E-state index in [2.05, 4.69) is 0 Å². The molecular weight excluding hydrogens is 278 g/mol. The Morgan fingerprint density at radius 3 is 2.63 bits per heavy atom. The second-order valence-corrected chi connectivity index (χ2v) is 6.65. The van der Waals surface area contributed by atoms with Crippen LogP contribution in [0.3, 0.4) is 0 Å². The van der Waals surface area contributed by atoms with E-state index in [0.29, 0.717) is 6.42 Å². The van der Waals surface area contributed by atoms with Gasteiger partial charge in [0.2, 0.25) is 5.91 Å². The van der Waals surface area contributed by atoms with Crippen molar-refractivity contribution >= 4 is 40.2 Å². The zero-order valence-electron chi connectivity index (χ0n) is 11.1. The van der Waals surface area contributed by atoms with Gasteiger partial charge in [-0.1, -0.05) is 11.8 Å². The topological polar surface area (TPSA) is 37.4 Å². The fourth-order valence-electron chi connectivity index (χ4n) is 2.14. The number of thioether (sulfide) groups is 2. The van der Waals surface area contributed by atoms with E-state index in [1.54, 1.807) is 18.7 Å². The summed E-state index contributed by atoms with van der Waals surface area (Å²) < 4.78 is 0. The number of carbonyl (C=O) groups is 2. The lowest BCUT2D eigenvalue weighted by molar-refractivity contribution is -0.117. The maximum atomic E-state index is 12.0. The van der Waals surface area contributed by atoms with Crippen LogP contribution in [0.2, 0.25) is 0 Å². The fraction of sp³-hybridized carbons (Fsp3) is 0.429. The Morgan fingerprint density at radius 2 is 2.05 bits per heavy atom. The van der Waals surface area contributed by atoms with Gasteiger partial charge in [0.25, 0.3) is 0 Å². The predicted molar refractivity (Wildman–Crippen MR) is 81.8 cm³/mol. The maximum Gasteiger partial charge on any atom is 0.227 e. The minimum absolute atomic E-state index is 0.121. The van der Waals surface area contributed by atoms with E-state index in [4.69, 9.17) is 0 Å². The summed E-state index contributed by atoms with van der Waals surface area (Å²) in [6.07, 6.45) is 2.58. The molecular formula is C14H17NO2S2. The van der Waals surface area contributed by atoms with Crippen LogP contribution in [0, 0.1) is 5.92 Å². The lowest BCUT2D eigenvalue weighted by Crippen LogP contribution is -2.24. The highest BCUT2D eigenvalue weighted by atomic mass is 32.2. The number of benzene rings is 1. The molecule has 19 heavy (non-hydrogen) atoms. The molecule has 1 aromatic carbocycles. The lowest BCUT2D eigenvalue weighted by atomic mass is 10.1. The van der Waals surface area contributed by atoms with E-state index in [1.807, 2.05) is 35.4 Å². The maximum absolute atomic E-state index is 12.0. The Balaban J connectivity index is 2.00. The zero-order valence-corrected chi connectivity index (χ0v) is 12.7. The number of nitrogens with zero attached hydrogens (tertiary/aromatic N) is 1. The zero-order chi connectivity index (χ0) is 13.8. The van der Waals surface area contributed by atoms with Gasteiger partial charge in [0.05, 0.1) is 0 Å². The number of rotatable bonds is 4. The summed E-state index contributed by atoms with van der Waals surface area (Å²) in [5.41, 5.74) is 0.957. The molecule has 0 spiro atoms. The van der Waals surface area contributed by atoms with Gasteiger partial charge in [-0.2, -0.15) is 0 Å². The third-order valence-electron chi connectivity index (χ3n) is 3.11. The van der Waals surface area contributed by atoms with Crippen LogP contribution >= 0.6 is 23.5 Å². The second-order valence-electron chi connectivity index (χ2n) is 4.58. The van der Waals surface area contributed by atoms with Crippen LogP contribution in [0.4, 0.5) is 5.69 Å². The van der Waals surface area contributed by atoms with Crippen molar-refractivity contribution in [3.05, 3.63) is 24.3 Å². The van der Waals surface area contributed by atoms with Crippen LogP contribution in [-0.2, 0) is 9.59 Å². The Labute approximate surface area is 122 Å². The van der Waals surface area contributed by atoms with Gasteiger partial charge in [0.15, 0.2) is 5.12 Å². The van der Waals surface area contributed by atoms with Gasteiger partial charge < -0.3 is 4.90 Å². The molecule has 1 fully saturated rings. The quantitative estimate of drug-likeness (QED) is 0.800. The number of anilines is 1. The molecule has 3 nitrogen and oxygen atoms in total. The molecule has 1 aromatic rings. The molecule has 5 heteroatoms. The molecule has 1 heterocycles. The highest BCUT2D eigenvalue weighted by Gasteiger charge is 2.30. The van der Waals surface area contributed by atoms with E-state index in [-0.39, 0.29) is 16.9 Å². The average Bonchev–Trinajstić information content (AvgIpc) is 2.78. The summed E-state index contributed by atoms with van der Waals surface area (Å²) >= 11 is 3.00. The number of amides is 1. The second kappa shape index (κ2) is 6.48. The van der Waals surface area contributed by atoms with E-state index in [0.717, 1.165) is 18.0 Å². The molecule has 0 radical (unpaired) electrons. The van der Waals surface area contributed by atoms with Crippen molar-refractivity contribution in [1.82, 2.24) is 0 Å². The first-order chi connectivity index (χ1) is 9.10. The molecule has 102 valence electrons. The SMILES string of the molecule is CSc1ccc(N2CC(CSC(C)=O)CC2=O)cc1. The van der Waals surface area contributed by atoms with Crippen LogP contribution in [0.1, 0.15) is 13.3 Å². The van der Waals surface area contributed by atoms with Gasteiger partial charge in [0, 0.05) is 36.2 Å². The molecule has 1 aliphatic rings. The van der Waals surface area contributed by atoms with Crippen molar-refractivity contribution in [2.75, 3.05) is 23.5 Å². The molecule has 0 aromatic heterocycles. The van der Waals surface area contributed by atoms with Gasteiger partial charge in [-0.3, -0.25) is 9.59 Å². The number of hydrogen-bond donors (Lipinski definition) is 0. The van der Waals surface area contributed by atoms with E-state index in [1.165, 1.54) is 16.7 Å². The van der Waals surface area contributed by atoms with Crippen molar-refractivity contribution in [2.24, 2.45) is 5.92 Å². The first kappa shape index (κ1) is 14.5. The molecule has 1 saturated heterocycles. The molecule has 1 atom stereocenters. The highest BCUT2D eigenvalue weighted by Crippen LogP contribution is 2.28. The number of carbonyl (C=O) groups excluding carboxylic acids is 2. The van der Waals surface area contributed by atoms with Crippen LogP contribution in [0.5, 0.6) is 0 Å². The summed E-state index contributed by atoms with van der Waals surface area (Å²) in [6.45, 7) is 2.29. The van der Waals surface area contributed by atoms with Crippen molar-refractivity contribution < 1.29 is 9.59 Å².